The van der Waals surface area contributed by atoms with Gasteiger partial charge in [0, 0.05) is 19.3 Å². The number of rotatable bonds is 4. The van der Waals surface area contributed by atoms with E-state index in [-0.39, 0.29) is 4.90 Å². The molecule has 0 bridgehead atoms. The summed E-state index contributed by atoms with van der Waals surface area (Å²) >= 11 is 0. The molecule has 2 N–H and O–H groups in total. The molecule has 5 heteroatoms. The van der Waals surface area contributed by atoms with Crippen molar-refractivity contribution in [1.82, 2.24) is 0 Å². The second kappa shape index (κ2) is 4.74. The van der Waals surface area contributed by atoms with Gasteiger partial charge in [-0.2, -0.15) is 0 Å². The van der Waals surface area contributed by atoms with E-state index in [1.165, 1.54) is 12.3 Å². The minimum Gasteiger partial charge on any atom is -0.396 e. The third-order valence-corrected chi connectivity index (χ3v) is 3.70. The molecule has 0 aromatic heterocycles. The van der Waals surface area contributed by atoms with E-state index in [1.807, 2.05) is 24.8 Å². The van der Waals surface area contributed by atoms with Crippen LogP contribution in [0.1, 0.15) is 13.8 Å². The lowest BCUT2D eigenvalue weighted by molar-refractivity contribution is 0.602. The Kier molecular flexibility index (Phi) is 3.80. The zero-order chi connectivity index (χ0) is 12.3. The average Bonchev–Trinajstić information content (AvgIpc) is 2.20. The zero-order valence-corrected chi connectivity index (χ0v) is 10.7. The summed E-state index contributed by atoms with van der Waals surface area (Å²) in [4.78, 5) is 2.24. The second-order valence-corrected chi connectivity index (χ2v) is 5.62. The van der Waals surface area contributed by atoms with Gasteiger partial charge in [-0.05, 0) is 26.0 Å². The highest BCUT2D eigenvalue weighted by molar-refractivity contribution is 7.90. The summed E-state index contributed by atoms with van der Waals surface area (Å²) in [5.74, 6) is 0. The van der Waals surface area contributed by atoms with E-state index < -0.39 is 9.84 Å². The molecule has 0 spiro atoms. The number of nitrogens with two attached hydrogens (primary N) is 1. The Morgan fingerprint density at radius 2 is 1.81 bits per heavy atom. The zero-order valence-electron chi connectivity index (χ0n) is 9.90. The fraction of sp³-hybridized carbons (Fsp3) is 0.455. The lowest BCUT2D eigenvalue weighted by atomic mass is 10.2. The number of hydrogen-bond acceptors (Lipinski definition) is 4. The maximum atomic E-state index is 11.5. The summed E-state index contributed by atoms with van der Waals surface area (Å²) in [5, 5.41) is 0. The van der Waals surface area contributed by atoms with Gasteiger partial charge in [0.1, 0.15) is 0 Å². The Morgan fingerprint density at radius 1 is 1.25 bits per heavy atom. The highest BCUT2D eigenvalue weighted by atomic mass is 32.2. The Morgan fingerprint density at radius 3 is 2.25 bits per heavy atom. The lowest BCUT2D eigenvalue weighted by Crippen LogP contribution is -2.23. The maximum absolute atomic E-state index is 11.5. The summed E-state index contributed by atoms with van der Waals surface area (Å²) in [5.41, 5.74) is 7.03. The van der Waals surface area contributed by atoms with Crippen LogP contribution in [0.3, 0.4) is 0 Å². The number of nitrogen functional groups attached to an aromatic ring is 1. The number of benzene rings is 1. The van der Waals surface area contributed by atoms with E-state index in [2.05, 4.69) is 0 Å². The van der Waals surface area contributed by atoms with E-state index in [9.17, 15) is 8.42 Å². The predicted molar refractivity (Wildman–Crippen MR) is 67.5 cm³/mol. The molecule has 4 nitrogen and oxygen atoms in total. The maximum Gasteiger partial charge on any atom is 0.177 e. The molecule has 0 aliphatic carbocycles. The van der Waals surface area contributed by atoms with Crippen LogP contribution in [0.15, 0.2) is 23.1 Å². The van der Waals surface area contributed by atoms with Crippen molar-refractivity contribution in [1.29, 1.82) is 0 Å². The summed E-state index contributed by atoms with van der Waals surface area (Å²) in [6.45, 7) is 5.62. The molecule has 0 saturated heterocycles. The molecule has 0 saturated carbocycles. The molecule has 0 unspecified atom stereocenters. The number of sulfone groups is 1. The van der Waals surface area contributed by atoms with Gasteiger partial charge in [0.15, 0.2) is 9.84 Å². The van der Waals surface area contributed by atoms with Gasteiger partial charge in [0.2, 0.25) is 0 Å². The first-order chi connectivity index (χ1) is 7.41. The minimum atomic E-state index is -3.26. The molecular formula is C11H18N2O2S. The van der Waals surface area contributed by atoms with Gasteiger partial charge in [0.05, 0.1) is 16.3 Å². The van der Waals surface area contributed by atoms with Crippen LogP contribution >= 0.6 is 0 Å². The molecule has 0 heterocycles. The van der Waals surface area contributed by atoms with Gasteiger partial charge in [-0.3, -0.25) is 0 Å². The average molecular weight is 242 g/mol. The van der Waals surface area contributed by atoms with Crippen LogP contribution in [0.4, 0.5) is 11.4 Å². The highest BCUT2D eigenvalue weighted by Gasteiger charge is 2.16. The molecule has 90 valence electrons. The quantitative estimate of drug-likeness (QED) is 0.813. The van der Waals surface area contributed by atoms with Crippen LogP contribution in [0.5, 0.6) is 0 Å². The molecular weight excluding hydrogens is 224 g/mol. The van der Waals surface area contributed by atoms with Crippen LogP contribution in [-0.4, -0.2) is 27.8 Å². The SMILES string of the molecule is CCN(CC)c1cccc(S(C)(=O)=O)c1N. The molecule has 0 atom stereocenters. The van der Waals surface area contributed by atoms with E-state index >= 15 is 0 Å². The largest absolute Gasteiger partial charge is 0.396 e. The van der Waals surface area contributed by atoms with Crippen molar-refractivity contribution in [3.05, 3.63) is 18.2 Å². The molecule has 1 aromatic rings. The Balaban J connectivity index is 3.34. The monoisotopic (exact) mass is 242 g/mol. The topological polar surface area (TPSA) is 63.4 Å². The van der Waals surface area contributed by atoms with E-state index in [1.54, 1.807) is 6.07 Å². The third kappa shape index (κ3) is 2.47. The first-order valence-electron chi connectivity index (χ1n) is 5.25. The Bertz CT molecular complexity index is 465. The second-order valence-electron chi connectivity index (χ2n) is 3.63. The first kappa shape index (κ1) is 12.8. The summed E-state index contributed by atoms with van der Waals surface area (Å²) < 4.78 is 23.0. The van der Waals surface area contributed by atoms with Gasteiger partial charge in [0.25, 0.3) is 0 Å². The van der Waals surface area contributed by atoms with Gasteiger partial charge in [-0.1, -0.05) is 6.07 Å². The summed E-state index contributed by atoms with van der Waals surface area (Å²) in [7, 11) is -3.26. The standard InChI is InChI=1S/C11H18N2O2S/c1-4-13(5-2)9-7-6-8-10(11(9)12)16(3,14)15/h6-8H,4-5,12H2,1-3H3. The molecule has 1 rings (SSSR count). The van der Waals surface area contributed by atoms with Gasteiger partial charge in [-0.25, -0.2) is 8.42 Å². The van der Waals surface area contributed by atoms with Gasteiger partial charge >= 0.3 is 0 Å². The molecule has 0 radical (unpaired) electrons. The molecule has 16 heavy (non-hydrogen) atoms. The van der Waals surface area contributed by atoms with Crippen molar-refractivity contribution < 1.29 is 8.42 Å². The fourth-order valence-corrected chi connectivity index (χ4v) is 2.53. The number of anilines is 2. The van der Waals surface area contributed by atoms with Crippen LogP contribution < -0.4 is 10.6 Å². The van der Waals surface area contributed by atoms with E-state index in [4.69, 9.17) is 5.73 Å². The molecule has 0 fully saturated rings. The van der Waals surface area contributed by atoms with Crippen molar-refractivity contribution in [2.45, 2.75) is 18.7 Å². The van der Waals surface area contributed by atoms with Crippen molar-refractivity contribution in [2.24, 2.45) is 0 Å². The Hall–Kier alpha value is -1.23. The fourth-order valence-electron chi connectivity index (χ4n) is 1.70. The van der Waals surface area contributed by atoms with Crippen LogP contribution in [0.25, 0.3) is 0 Å². The van der Waals surface area contributed by atoms with Crippen LogP contribution in [0, 0.1) is 0 Å². The summed E-state index contributed by atoms with van der Waals surface area (Å²) in [6, 6.07) is 5.11. The van der Waals surface area contributed by atoms with Crippen molar-refractivity contribution in [3.8, 4) is 0 Å². The first-order valence-corrected chi connectivity index (χ1v) is 7.14. The lowest BCUT2D eigenvalue weighted by Gasteiger charge is -2.23. The Labute approximate surface area is 97.0 Å². The molecule has 0 aliphatic heterocycles. The van der Waals surface area contributed by atoms with Crippen molar-refractivity contribution >= 4 is 21.2 Å². The molecule has 1 aromatic carbocycles. The highest BCUT2D eigenvalue weighted by Crippen LogP contribution is 2.29. The normalized spacial score (nSPS) is 11.4. The van der Waals surface area contributed by atoms with Crippen molar-refractivity contribution in [2.75, 3.05) is 30.0 Å². The van der Waals surface area contributed by atoms with E-state index in [0.29, 0.717) is 5.69 Å². The van der Waals surface area contributed by atoms with Gasteiger partial charge < -0.3 is 10.6 Å². The van der Waals surface area contributed by atoms with Crippen LogP contribution in [-0.2, 0) is 9.84 Å². The molecule has 0 amide bonds. The predicted octanol–water partition coefficient (Wildman–Crippen LogP) is 1.52. The summed E-state index contributed by atoms with van der Waals surface area (Å²) in [6.07, 6.45) is 1.17. The van der Waals surface area contributed by atoms with Gasteiger partial charge in [-0.15, -0.1) is 0 Å². The number of para-hydroxylation sites is 1. The minimum absolute atomic E-state index is 0.205. The van der Waals surface area contributed by atoms with Crippen molar-refractivity contribution in [3.63, 3.8) is 0 Å². The molecule has 0 aliphatic rings. The van der Waals surface area contributed by atoms with Crippen LogP contribution in [0.2, 0.25) is 0 Å². The number of hydrogen-bond donors (Lipinski definition) is 1. The smallest absolute Gasteiger partial charge is 0.177 e. The van der Waals surface area contributed by atoms with E-state index in [0.717, 1.165) is 18.8 Å². The third-order valence-electron chi connectivity index (χ3n) is 2.55. The number of nitrogens with zero attached hydrogens (tertiary/aromatic N) is 1.